The summed E-state index contributed by atoms with van der Waals surface area (Å²) in [6.07, 6.45) is 0. The zero-order valence-electron chi connectivity index (χ0n) is 5.39. The second-order valence-corrected chi connectivity index (χ2v) is 7.52. The van der Waals surface area contributed by atoms with E-state index in [0.717, 1.165) is 0 Å². The van der Waals surface area contributed by atoms with Gasteiger partial charge < -0.3 is 0 Å². The van der Waals surface area contributed by atoms with Crippen molar-refractivity contribution >= 4 is 0 Å². The Labute approximate surface area is 77.6 Å². The van der Waals surface area contributed by atoms with Gasteiger partial charge >= 0.3 is 77.7 Å². The molecule has 0 aliphatic rings. The van der Waals surface area contributed by atoms with Gasteiger partial charge in [-0.1, -0.05) is 0 Å². The predicted octanol–water partition coefficient (Wildman–Crippen LogP) is -1.97. The van der Waals surface area contributed by atoms with Gasteiger partial charge in [0.05, 0.1) is 0 Å². The summed E-state index contributed by atoms with van der Waals surface area (Å²) >= 11 is -18.5. The first-order valence-electron chi connectivity index (χ1n) is 2.03. The summed E-state index contributed by atoms with van der Waals surface area (Å²) in [4.78, 5) is 0. The first-order chi connectivity index (χ1) is 5.41. The molecule has 0 aromatic heterocycles. The van der Waals surface area contributed by atoms with E-state index in [1.807, 2.05) is 0 Å². The first kappa shape index (κ1) is 13.2. The Kier molecular flexibility index (Phi) is 3.84. The second-order valence-electron chi connectivity index (χ2n) is 1.40. The molecule has 0 unspecified atom stereocenters. The summed E-state index contributed by atoms with van der Waals surface area (Å²) in [7, 11) is 0. The van der Waals surface area contributed by atoms with E-state index in [-0.39, 0.29) is 0 Å². The fourth-order valence-electron chi connectivity index (χ4n) is 0.222. The van der Waals surface area contributed by atoms with Crippen molar-refractivity contribution in [2.24, 2.45) is 0 Å². The third kappa shape index (κ3) is 8.56. The summed E-state index contributed by atoms with van der Waals surface area (Å²) in [5, 5.41) is 0. The molecule has 0 aliphatic carbocycles. The average Bonchev–Trinajstić information content (AvgIpc) is 1.43. The van der Waals surface area contributed by atoms with Gasteiger partial charge in [-0.15, -0.1) is 0 Å². The molecule has 10 nitrogen and oxygen atoms in total. The first-order valence-corrected chi connectivity index (χ1v) is 8.38. The van der Waals surface area contributed by atoms with Crippen molar-refractivity contribution in [3.63, 3.8) is 0 Å². The van der Waals surface area contributed by atoms with Crippen LogP contribution in [0.25, 0.3) is 0 Å². The van der Waals surface area contributed by atoms with Gasteiger partial charge in [-0.2, -0.15) is 0 Å². The van der Waals surface area contributed by atoms with Gasteiger partial charge in [-0.3, -0.25) is 0 Å². The summed E-state index contributed by atoms with van der Waals surface area (Å²) in [5.74, 6) is 0. The Morgan fingerprint density at radius 2 is 0.923 bits per heavy atom. The molecule has 0 saturated carbocycles. The molecule has 13 heteroatoms. The van der Waals surface area contributed by atoms with E-state index in [2.05, 4.69) is 5.68 Å². The fraction of sp³-hybridized carbons (Fsp3) is 0. The molecular weight excluding hydrogens is 316 g/mol. The van der Waals surface area contributed by atoms with Gasteiger partial charge in [-0.05, 0) is 0 Å². The third-order valence-corrected chi connectivity index (χ3v) is 5.76. The molecule has 2 N–H and O–H groups in total. The number of rotatable bonds is 4. The molecule has 0 aliphatic heterocycles. The molecule has 0 spiro atoms. The van der Waals surface area contributed by atoms with Crippen LogP contribution in [0.2, 0.25) is 0 Å². The topological polar surface area (TPSA) is 161 Å². The van der Waals surface area contributed by atoms with Crippen molar-refractivity contribution in [1.29, 1.82) is 0 Å². The summed E-state index contributed by atoms with van der Waals surface area (Å²) in [6.45, 7) is 0. The summed E-state index contributed by atoms with van der Waals surface area (Å²) < 4.78 is 81.4. The number of hydrogen-bond donors (Lipinski definition) is 2. The molecule has 0 amide bonds. The monoisotopic (exact) mass is 318 g/mol. The molecule has 0 heterocycles. The Hall–Kier alpha value is 0.237. The Balaban J connectivity index is 4.86. The third-order valence-electron chi connectivity index (χ3n) is 0.339. The van der Waals surface area contributed by atoms with Crippen LogP contribution in [-0.4, -0.2) is 8.32 Å². The van der Waals surface area contributed by atoms with Crippen molar-refractivity contribution in [2.45, 2.75) is 0 Å². The van der Waals surface area contributed by atoms with E-state index in [4.69, 9.17) is 8.32 Å². The van der Waals surface area contributed by atoms with Gasteiger partial charge in [0.25, 0.3) is 0 Å². The molecule has 0 aromatic carbocycles. The summed E-state index contributed by atoms with van der Waals surface area (Å²) in [5.41, 5.74) is 0. The zero-order valence-corrected chi connectivity index (χ0v) is 9.21. The van der Waals surface area contributed by atoms with Gasteiger partial charge in [0, 0.05) is 0 Å². The normalized spacial score (nSPS) is 14.3. The Bertz CT molecular complexity index is 414. The van der Waals surface area contributed by atoms with Crippen molar-refractivity contribution in [3.05, 3.63) is 0 Å². The SMILES string of the molecule is [O]=[Cr](=[O])([OH])[O][Cr](=[O])(=[O])[O][Cr](=[O])(=[O])[OH]. The van der Waals surface area contributed by atoms with E-state index < -0.39 is 40.8 Å². The molecule has 0 aromatic rings. The average molecular weight is 318 g/mol. The van der Waals surface area contributed by atoms with Crippen LogP contribution in [-0.2, 0) is 69.3 Å². The van der Waals surface area contributed by atoms with Gasteiger partial charge in [0.1, 0.15) is 0 Å². The summed E-state index contributed by atoms with van der Waals surface area (Å²) in [6, 6.07) is 0. The van der Waals surface area contributed by atoms with E-state index in [1.54, 1.807) is 0 Å². The van der Waals surface area contributed by atoms with Crippen LogP contribution in [0.3, 0.4) is 0 Å². The van der Waals surface area contributed by atoms with Crippen LogP contribution in [0, 0.1) is 0 Å². The van der Waals surface area contributed by atoms with E-state index >= 15 is 0 Å². The molecular formula is H2Cr3O10. The Morgan fingerprint density at radius 3 is 1.08 bits per heavy atom. The maximum atomic E-state index is 10.2. The van der Waals surface area contributed by atoms with Crippen LogP contribution in [0.4, 0.5) is 0 Å². The van der Waals surface area contributed by atoms with Crippen molar-refractivity contribution < 1.29 is 77.7 Å². The van der Waals surface area contributed by atoms with Gasteiger partial charge in [-0.25, -0.2) is 0 Å². The van der Waals surface area contributed by atoms with Crippen LogP contribution in [0.1, 0.15) is 0 Å². The zero-order chi connectivity index (χ0) is 10.9. The van der Waals surface area contributed by atoms with E-state index in [0.29, 0.717) is 0 Å². The quantitative estimate of drug-likeness (QED) is 0.594. The van der Waals surface area contributed by atoms with Crippen molar-refractivity contribution in [3.8, 4) is 0 Å². The van der Waals surface area contributed by atoms with Crippen molar-refractivity contribution in [2.75, 3.05) is 0 Å². The standard InChI is InChI=1S/3Cr.2H2O.8O/h;;;2*1H2;;;;;;;;/q;2*+1;;;;;;;;;;/p-2. The molecule has 0 rings (SSSR count). The van der Waals surface area contributed by atoms with E-state index in [9.17, 15) is 22.8 Å². The molecule has 0 atom stereocenters. The fourth-order valence-corrected chi connectivity index (χ4v) is 4.38. The maximum absolute atomic E-state index is 10.2. The minimum atomic E-state index is -6.27. The molecule has 0 bridgehead atoms. The molecule has 80 valence electrons. The second kappa shape index (κ2) is 3.77. The minimum absolute atomic E-state index is 2.90. The van der Waals surface area contributed by atoms with Crippen molar-refractivity contribution in [1.82, 2.24) is 0 Å². The predicted molar refractivity (Wildman–Crippen MR) is 10.7 cm³/mol. The van der Waals surface area contributed by atoms with Crippen LogP contribution < -0.4 is 0 Å². The molecule has 0 saturated heterocycles. The molecule has 0 radical (unpaired) electrons. The molecule has 0 fully saturated rings. The van der Waals surface area contributed by atoms with Crippen LogP contribution in [0.5, 0.6) is 0 Å². The van der Waals surface area contributed by atoms with Gasteiger partial charge in [0.2, 0.25) is 0 Å². The van der Waals surface area contributed by atoms with Gasteiger partial charge in [0.15, 0.2) is 0 Å². The van der Waals surface area contributed by atoms with Crippen LogP contribution >= 0.6 is 0 Å². The Morgan fingerprint density at radius 1 is 0.692 bits per heavy atom. The number of hydrogen-bond acceptors (Lipinski definition) is 8. The van der Waals surface area contributed by atoms with E-state index in [1.165, 1.54) is 0 Å². The molecule has 13 heavy (non-hydrogen) atoms. The van der Waals surface area contributed by atoms with Crippen LogP contribution in [0.15, 0.2) is 0 Å².